The van der Waals surface area contributed by atoms with Crippen LogP contribution in [-0.4, -0.2) is 30.1 Å². The topological polar surface area (TPSA) is 35.9 Å². The summed E-state index contributed by atoms with van der Waals surface area (Å²) in [6.45, 7) is 2.03. The number of likely N-dealkylation sites (N-methyl/N-ethyl adjacent to an activating group) is 1. The smallest absolute Gasteiger partial charge is 0.269 e. The van der Waals surface area contributed by atoms with Gasteiger partial charge in [-0.05, 0) is 70.5 Å². The molecule has 0 atom stereocenters. The van der Waals surface area contributed by atoms with Crippen molar-refractivity contribution in [2.24, 2.45) is 4.99 Å². The van der Waals surface area contributed by atoms with Gasteiger partial charge in [0.05, 0.1) is 16.4 Å². The first kappa shape index (κ1) is 18.9. The van der Waals surface area contributed by atoms with Crippen molar-refractivity contribution in [1.29, 1.82) is 0 Å². The van der Waals surface area contributed by atoms with Gasteiger partial charge in [-0.15, -0.1) is 0 Å². The number of carbonyl (C=O) groups excluding carboxylic acids is 1. The molecule has 2 aliphatic heterocycles. The Labute approximate surface area is 179 Å². The number of hydrogen-bond donors (Lipinski definition) is 0. The number of aryl methyl sites for hydroxylation is 1. The Morgan fingerprint density at radius 2 is 1.85 bits per heavy atom. The van der Waals surface area contributed by atoms with Gasteiger partial charge >= 0.3 is 0 Å². The highest BCUT2D eigenvalue weighted by atomic mass is 79.9. The molecule has 0 aromatic heterocycles. The molecule has 0 radical (unpaired) electrons. The molecule has 1 saturated heterocycles. The molecule has 1 amide bonds. The van der Waals surface area contributed by atoms with Crippen molar-refractivity contribution >= 4 is 73.5 Å². The van der Waals surface area contributed by atoms with Crippen molar-refractivity contribution in [3.05, 3.63) is 61.4 Å². The third kappa shape index (κ3) is 3.42. The number of rotatable bonds is 1. The van der Waals surface area contributed by atoms with Gasteiger partial charge in [-0.25, -0.2) is 4.99 Å². The summed E-state index contributed by atoms with van der Waals surface area (Å²) in [6, 6.07) is 11.7. The largest absolute Gasteiger partial charge is 0.337 e. The Balaban J connectivity index is 1.71. The van der Waals surface area contributed by atoms with Crippen LogP contribution in [0.4, 0.5) is 11.4 Å². The van der Waals surface area contributed by atoms with E-state index in [1.165, 1.54) is 11.8 Å². The van der Waals surface area contributed by atoms with Crippen LogP contribution in [-0.2, 0) is 4.79 Å². The van der Waals surface area contributed by atoms with Crippen LogP contribution in [0.1, 0.15) is 5.56 Å². The van der Waals surface area contributed by atoms with Gasteiger partial charge in [-0.3, -0.25) is 9.69 Å². The van der Waals surface area contributed by atoms with Gasteiger partial charge in [0, 0.05) is 28.5 Å². The van der Waals surface area contributed by atoms with E-state index in [0.29, 0.717) is 15.1 Å². The van der Waals surface area contributed by atoms with Crippen LogP contribution >= 0.6 is 51.1 Å². The lowest BCUT2D eigenvalue weighted by atomic mass is 10.2. The van der Waals surface area contributed by atoms with E-state index in [1.54, 1.807) is 23.7 Å². The second-order valence-electron chi connectivity index (χ2n) is 6.22. The Bertz CT molecular complexity index is 1040. The lowest BCUT2D eigenvalue weighted by molar-refractivity contribution is -0.121. The molecule has 27 heavy (non-hydrogen) atoms. The molecule has 0 bridgehead atoms. The Hall–Kier alpha value is -1.41. The standard InChI is InChI=1S/C19H15BrClN3OS2/c1-10-4-6-13(12(20)8-10)22-19-24(3)17(25)16(27-19)18-23(2)14-9-11(21)5-7-15(14)26-18/h4-9H,1-3H3. The average Bonchev–Trinajstić information content (AvgIpc) is 3.09. The van der Waals surface area contributed by atoms with Crippen molar-refractivity contribution in [1.82, 2.24) is 4.90 Å². The summed E-state index contributed by atoms with van der Waals surface area (Å²) in [7, 11) is 3.71. The van der Waals surface area contributed by atoms with E-state index < -0.39 is 0 Å². The fourth-order valence-corrected chi connectivity index (χ4v) is 5.85. The van der Waals surface area contributed by atoms with Crippen LogP contribution in [0.3, 0.4) is 0 Å². The summed E-state index contributed by atoms with van der Waals surface area (Å²) in [4.78, 5) is 23.0. The van der Waals surface area contributed by atoms with E-state index in [0.717, 1.165) is 31.3 Å². The van der Waals surface area contributed by atoms with Crippen molar-refractivity contribution in [3.63, 3.8) is 0 Å². The molecule has 0 aliphatic carbocycles. The van der Waals surface area contributed by atoms with Crippen molar-refractivity contribution < 1.29 is 4.79 Å². The second kappa shape index (κ2) is 7.20. The molecule has 4 rings (SSSR count). The second-order valence-corrected chi connectivity index (χ2v) is 9.52. The molecule has 8 heteroatoms. The summed E-state index contributed by atoms with van der Waals surface area (Å²) >= 11 is 12.7. The molecule has 4 nitrogen and oxygen atoms in total. The van der Waals surface area contributed by atoms with Crippen LogP contribution in [0.2, 0.25) is 5.02 Å². The van der Waals surface area contributed by atoms with Gasteiger partial charge in [0.25, 0.3) is 5.91 Å². The molecule has 0 saturated carbocycles. The van der Waals surface area contributed by atoms with E-state index in [4.69, 9.17) is 16.6 Å². The number of carbonyl (C=O) groups is 1. The summed E-state index contributed by atoms with van der Waals surface area (Å²) in [6.07, 6.45) is 0. The maximum absolute atomic E-state index is 12.9. The number of benzene rings is 2. The van der Waals surface area contributed by atoms with Crippen molar-refractivity contribution in [2.75, 3.05) is 19.0 Å². The van der Waals surface area contributed by atoms with Crippen LogP contribution in [0.25, 0.3) is 0 Å². The number of amidine groups is 1. The molecular formula is C19H15BrClN3OS2. The molecular weight excluding hydrogens is 466 g/mol. The molecule has 0 unspecified atom stereocenters. The zero-order valence-electron chi connectivity index (χ0n) is 14.8. The zero-order chi connectivity index (χ0) is 19.3. The molecule has 2 aliphatic rings. The van der Waals surface area contributed by atoms with E-state index in [1.807, 2.05) is 55.3 Å². The minimum atomic E-state index is -0.0461. The number of anilines is 1. The summed E-state index contributed by atoms with van der Waals surface area (Å²) < 4.78 is 0.909. The highest BCUT2D eigenvalue weighted by Gasteiger charge is 2.37. The lowest BCUT2D eigenvalue weighted by Gasteiger charge is -2.14. The van der Waals surface area contributed by atoms with E-state index in [2.05, 4.69) is 15.9 Å². The van der Waals surface area contributed by atoms with Crippen molar-refractivity contribution in [2.45, 2.75) is 11.8 Å². The highest BCUT2D eigenvalue weighted by molar-refractivity contribution is 9.10. The number of hydrogen-bond acceptors (Lipinski definition) is 5. The van der Waals surface area contributed by atoms with Gasteiger partial charge in [-0.2, -0.15) is 0 Å². The third-order valence-corrected chi connectivity index (χ3v) is 7.64. The molecule has 2 heterocycles. The molecule has 2 aromatic carbocycles. The molecule has 0 N–H and O–H groups in total. The van der Waals surface area contributed by atoms with Gasteiger partial charge in [0.1, 0.15) is 4.91 Å². The van der Waals surface area contributed by atoms with Crippen LogP contribution in [0.5, 0.6) is 0 Å². The van der Waals surface area contributed by atoms with E-state index in [9.17, 15) is 4.79 Å². The molecule has 138 valence electrons. The van der Waals surface area contributed by atoms with Gasteiger partial charge in [0.15, 0.2) is 5.17 Å². The zero-order valence-corrected chi connectivity index (χ0v) is 18.8. The SMILES string of the molecule is Cc1ccc(N=C2SC(=C3Sc4ccc(Cl)cc4N3C)C(=O)N2C)c(Br)c1. The molecule has 1 fully saturated rings. The maximum Gasteiger partial charge on any atom is 0.269 e. The maximum atomic E-state index is 12.9. The van der Waals surface area contributed by atoms with E-state index in [-0.39, 0.29) is 5.91 Å². The van der Waals surface area contributed by atoms with Gasteiger partial charge < -0.3 is 4.90 Å². The van der Waals surface area contributed by atoms with Crippen LogP contribution in [0, 0.1) is 6.92 Å². The summed E-state index contributed by atoms with van der Waals surface area (Å²) in [5, 5.41) is 2.25. The predicted molar refractivity (Wildman–Crippen MR) is 119 cm³/mol. The predicted octanol–water partition coefficient (Wildman–Crippen LogP) is 6.01. The quantitative estimate of drug-likeness (QED) is 0.468. The number of amides is 1. The number of aliphatic imine (C=N–C) groups is 1. The molecule has 2 aromatic rings. The Kier molecular flexibility index (Phi) is 5.05. The van der Waals surface area contributed by atoms with Gasteiger partial charge in [-0.1, -0.05) is 29.4 Å². The minimum absolute atomic E-state index is 0.0461. The van der Waals surface area contributed by atoms with E-state index >= 15 is 0 Å². The minimum Gasteiger partial charge on any atom is -0.337 e. The highest BCUT2D eigenvalue weighted by Crippen LogP contribution is 2.50. The Morgan fingerprint density at radius 3 is 2.59 bits per heavy atom. The number of fused-ring (bicyclic) bond motifs is 1. The number of thioether (sulfide) groups is 2. The average molecular weight is 481 g/mol. The lowest BCUT2D eigenvalue weighted by Crippen LogP contribution is -2.24. The first-order valence-electron chi connectivity index (χ1n) is 8.11. The van der Waals surface area contributed by atoms with Crippen LogP contribution < -0.4 is 4.90 Å². The number of halogens is 2. The first-order valence-corrected chi connectivity index (χ1v) is 10.9. The Morgan fingerprint density at radius 1 is 1.07 bits per heavy atom. The fraction of sp³-hybridized carbons (Fsp3) is 0.158. The fourth-order valence-electron chi connectivity index (χ4n) is 2.80. The summed E-state index contributed by atoms with van der Waals surface area (Å²) in [5.74, 6) is -0.0461. The normalized spacial score (nSPS) is 20.8. The monoisotopic (exact) mass is 479 g/mol. The first-order chi connectivity index (χ1) is 12.8. The van der Waals surface area contributed by atoms with Crippen LogP contribution in [0.15, 0.2) is 60.7 Å². The number of nitrogens with zero attached hydrogens (tertiary/aromatic N) is 3. The van der Waals surface area contributed by atoms with Crippen molar-refractivity contribution in [3.8, 4) is 0 Å². The third-order valence-electron chi connectivity index (χ3n) is 4.29. The van der Waals surface area contributed by atoms with Gasteiger partial charge in [0.2, 0.25) is 0 Å². The summed E-state index contributed by atoms with van der Waals surface area (Å²) in [5.41, 5.74) is 2.96. The molecule has 0 spiro atoms.